The zero-order chi connectivity index (χ0) is 11.1. The van der Waals surface area contributed by atoms with Gasteiger partial charge in [0.25, 0.3) is 0 Å². The van der Waals surface area contributed by atoms with Crippen molar-refractivity contribution in [1.29, 1.82) is 0 Å². The summed E-state index contributed by atoms with van der Waals surface area (Å²) in [6.07, 6.45) is 10.7. The third-order valence-corrected chi connectivity index (χ3v) is 5.12. The molecule has 2 nitrogen and oxygen atoms in total. The highest BCUT2D eigenvalue weighted by Crippen LogP contribution is 2.49. The smallest absolute Gasteiger partial charge is 0.119 e. The van der Waals surface area contributed by atoms with Crippen molar-refractivity contribution in [3.63, 3.8) is 0 Å². The van der Waals surface area contributed by atoms with E-state index in [0.29, 0.717) is 5.41 Å². The Morgan fingerprint density at radius 1 is 1.19 bits per heavy atom. The van der Waals surface area contributed by atoms with Crippen LogP contribution >= 0.6 is 0 Å². The zero-order valence-electron chi connectivity index (χ0n) is 10.6. The first-order valence-electron chi connectivity index (χ1n) is 7.15. The number of nitrogens with one attached hydrogen (secondary N) is 1. The van der Waals surface area contributed by atoms with Gasteiger partial charge in [0.15, 0.2) is 0 Å². The maximum absolute atomic E-state index is 6.25. The quantitative estimate of drug-likeness (QED) is 0.737. The van der Waals surface area contributed by atoms with Crippen LogP contribution in [-0.2, 0) is 4.74 Å². The molecule has 3 rings (SSSR count). The van der Waals surface area contributed by atoms with Crippen molar-refractivity contribution < 1.29 is 4.74 Å². The van der Waals surface area contributed by atoms with Crippen LogP contribution in [0.5, 0.6) is 0 Å². The van der Waals surface area contributed by atoms with Crippen molar-refractivity contribution in [2.45, 2.75) is 64.0 Å². The van der Waals surface area contributed by atoms with Crippen LogP contribution in [0.4, 0.5) is 0 Å². The second kappa shape index (κ2) is 3.99. The van der Waals surface area contributed by atoms with E-state index in [1.165, 1.54) is 57.9 Å². The van der Waals surface area contributed by atoms with Gasteiger partial charge in [0.05, 0.1) is 6.61 Å². The van der Waals surface area contributed by atoms with Crippen molar-refractivity contribution in [3.8, 4) is 0 Å². The molecule has 2 aliphatic carbocycles. The van der Waals surface area contributed by atoms with E-state index < -0.39 is 0 Å². The van der Waals surface area contributed by atoms with Crippen LogP contribution in [0.25, 0.3) is 0 Å². The fraction of sp³-hybridized carbons (Fsp3) is 1.00. The molecule has 0 bridgehead atoms. The lowest BCUT2D eigenvalue weighted by Gasteiger charge is -2.41. The molecule has 3 aliphatic rings. The predicted octanol–water partition coefficient (Wildman–Crippen LogP) is 3.07. The summed E-state index contributed by atoms with van der Waals surface area (Å²) in [6.45, 7) is 4.57. The van der Waals surface area contributed by atoms with Gasteiger partial charge in [-0.25, -0.2) is 0 Å². The molecule has 1 N–H and O–H groups in total. The average molecular weight is 223 g/mol. The van der Waals surface area contributed by atoms with Gasteiger partial charge in [-0.15, -0.1) is 0 Å². The first-order chi connectivity index (χ1) is 7.76. The van der Waals surface area contributed by atoms with Crippen LogP contribution in [0.1, 0.15) is 58.3 Å². The topological polar surface area (TPSA) is 21.3 Å². The molecule has 1 saturated heterocycles. The lowest BCUT2D eigenvalue weighted by Crippen LogP contribution is -2.55. The molecule has 16 heavy (non-hydrogen) atoms. The van der Waals surface area contributed by atoms with Gasteiger partial charge in [0.1, 0.15) is 5.72 Å². The molecule has 2 saturated carbocycles. The Morgan fingerprint density at radius 2 is 2.06 bits per heavy atom. The SMILES string of the molecule is CCC1CCCC2(CC1)NCC1(CC1)CO2. The molecule has 2 heteroatoms. The van der Waals surface area contributed by atoms with Crippen LogP contribution in [-0.4, -0.2) is 18.9 Å². The third kappa shape index (κ3) is 2.02. The summed E-state index contributed by atoms with van der Waals surface area (Å²) in [5.41, 5.74) is 0.624. The van der Waals surface area contributed by atoms with Crippen molar-refractivity contribution in [1.82, 2.24) is 5.32 Å². The number of ether oxygens (including phenoxy) is 1. The number of hydrogen-bond acceptors (Lipinski definition) is 2. The van der Waals surface area contributed by atoms with Gasteiger partial charge in [-0.3, -0.25) is 5.32 Å². The van der Waals surface area contributed by atoms with Gasteiger partial charge in [0, 0.05) is 12.0 Å². The molecule has 0 aromatic carbocycles. The molecule has 2 atom stereocenters. The Balaban J connectivity index is 1.60. The number of hydrogen-bond donors (Lipinski definition) is 1. The molecular weight excluding hydrogens is 198 g/mol. The summed E-state index contributed by atoms with van der Waals surface area (Å²) in [5.74, 6) is 0.946. The van der Waals surface area contributed by atoms with E-state index in [-0.39, 0.29) is 5.72 Å². The standard InChI is InChI=1S/C14H25NO/c1-2-12-4-3-6-14(7-5-12)15-10-13(8-9-13)11-16-14/h12,15H,2-11H2,1H3. The number of rotatable bonds is 1. The van der Waals surface area contributed by atoms with Crippen LogP contribution in [0.2, 0.25) is 0 Å². The van der Waals surface area contributed by atoms with E-state index in [2.05, 4.69) is 12.2 Å². The van der Waals surface area contributed by atoms with Gasteiger partial charge in [-0.2, -0.15) is 0 Å². The van der Waals surface area contributed by atoms with Crippen molar-refractivity contribution in [2.75, 3.05) is 13.2 Å². The van der Waals surface area contributed by atoms with E-state index in [0.717, 1.165) is 12.5 Å². The molecular formula is C14H25NO. The second-order valence-corrected chi connectivity index (χ2v) is 6.34. The maximum atomic E-state index is 6.25. The van der Waals surface area contributed by atoms with E-state index in [4.69, 9.17) is 4.74 Å². The third-order valence-electron chi connectivity index (χ3n) is 5.12. The van der Waals surface area contributed by atoms with Gasteiger partial charge in [-0.1, -0.05) is 19.8 Å². The molecule has 92 valence electrons. The minimum atomic E-state index is 0.0672. The summed E-state index contributed by atoms with van der Waals surface area (Å²) in [4.78, 5) is 0. The minimum Gasteiger partial charge on any atom is -0.360 e. The highest BCUT2D eigenvalue weighted by Gasteiger charge is 2.50. The Bertz CT molecular complexity index is 249. The van der Waals surface area contributed by atoms with Gasteiger partial charge < -0.3 is 4.74 Å². The highest BCUT2D eigenvalue weighted by molar-refractivity contribution is 5.01. The largest absolute Gasteiger partial charge is 0.360 e. The van der Waals surface area contributed by atoms with Gasteiger partial charge >= 0.3 is 0 Å². The monoisotopic (exact) mass is 223 g/mol. The highest BCUT2D eigenvalue weighted by atomic mass is 16.5. The average Bonchev–Trinajstić information content (AvgIpc) is 3.08. The van der Waals surface area contributed by atoms with Crippen LogP contribution < -0.4 is 5.32 Å². The summed E-state index contributed by atoms with van der Waals surface area (Å²) in [6, 6.07) is 0. The Kier molecular flexibility index (Phi) is 2.75. The molecule has 3 fully saturated rings. The van der Waals surface area contributed by atoms with Crippen molar-refractivity contribution in [3.05, 3.63) is 0 Å². The Hall–Kier alpha value is -0.0800. The lowest BCUT2D eigenvalue weighted by atomic mass is 9.95. The van der Waals surface area contributed by atoms with E-state index in [1.807, 2.05) is 0 Å². The molecule has 2 spiro atoms. The molecule has 1 aliphatic heterocycles. The summed E-state index contributed by atoms with van der Waals surface area (Å²) in [7, 11) is 0. The Labute approximate surface area is 99.1 Å². The molecule has 0 radical (unpaired) electrons. The fourth-order valence-corrected chi connectivity index (χ4v) is 3.35. The predicted molar refractivity (Wildman–Crippen MR) is 65.2 cm³/mol. The Morgan fingerprint density at radius 3 is 2.69 bits per heavy atom. The maximum Gasteiger partial charge on any atom is 0.119 e. The molecule has 0 aromatic heterocycles. The van der Waals surface area contributed by atoms with E-state index in [9.17, 15) is 0 Å². The van der Waals surface area contributed by atoms with Crippen molar-refractivity contribution in [2.24, 2.45) is 11.3 Å². The van der Waals surface area contributed by atoms with Crippen LogP contribution in [0, 0.1) is 11.3 Å². The summed E-state index contributed by atoms with van der Waals surface area (Å²) in [5, 5.41) is 3.75. The van der Waals surface area contributed by atoms with Gasteiger partial charge in [-0.05, 0) is 44.4 Å². The molecule has 1 heterocycles. The van der Waals surface area contributed by atoms with Gasteiger partial charge in [0.2, 0.25) is 0 Å². The molecule has 2 unspecified atom stereocenters. The second-order valence-electron chi connectivity index (χ2n) is 6.34. The fourth-order valence-electron chi connectivity index (χ4n) is 3.35. The van der Waals surface area contributed by atoms with Crippen LogP contribution in [0.15, 0.2) is 0 Å². The zero-order valence-corrected chi connectivity index (χ0v) is 10.6. The lowest BCUT2D eigenvalue weighted by molar-refractivity contribution is -0.130. The first kappa shape index (κ1) is 11.0. The van der Waals surface area contributed by atoms with Crippen LogP contribution in [0.3, 0.4) is 0 Å². The molecule has 0 aromatic rings. The summed E-state index contributed by atoms with van der Waals surface area (Å²) < 4.78 is 6.25. The minimum absolute atomic E-state index is 0.0672. The van der Waals surface area contributed by atoms with E-state index in [1.54, 1.807) is 0 Å². The van der Waals surface area contributed by atoms with E-state index >= 15 is 0 Å². The van der Waals surface area contributed by atoms with Crippen molar-refractivity contribution >= 4 is 0 Å². The molecule has 0 amide bonds. The normalized spacial score (nSPS) is 42.2. The first-order valence-corrected chi connectivity index (χ1v) is 7.15. The summed E-state index contributed by atoms with van der Waals surface area (Å²) >= 11 is 0.